The average Bonchev–Trinajstić information content (AvgIpc) is 3.36. The Balaban J connectivity index is 0.00000370. The first-order valence-electron chi connectivity index (χ1n) is 12.4. The number of fused-ring (bicyclic) bond motifs is 1. The number of hydrogen-bond acceptors (Lipinski definition) is 8. The number of nitrogens with one attached hydrogen (secondary N) is 2. The number of hydrogen-bond donors (Lipinski definition) is 2. The fraction of sp³-hybridized carbons (Fsp3) is 0.259. The third-order valence-corrected chi connectivity index (χ3v) is 9.15. The first-order chi connectivity index (χ1) is 18.8. The lowest BCUT2D eigenvalue weighted by Crippen LogP contribution is -2.48. The number of halogens is 2. The van der Waals surface area contributed by atoms with E-state index in [2.05, 4.69) is 19.8 Å². The van der Waals surface area contributed by atoms with Gasteiger partial charge in [0.05, 0.1) is 22.2 Å². The standard InChI is InChI=1S/C27H28ClN5O4S2.ClH/c1-37-22-6-8-23(9-7-22)39(35,36)31-21-4-2-3-19(17-21)26(34)29-11-12-32-13-15-33(16-14-32)27-30-24-10-5-20(28)18-25(24)38-27;/h2-10,17-18,31H,11-16H2,1H3,(H,29,34);1H. The lowest BCUT2D eigenvalue weighted by molar-refractivity contribution is 0.0948. The molecular weight excluding hydrogens is 593 g/mol. The van der Waals surface area contributed by atoms with E-state index in [4.69, 9.17) is 21.3 Å². The lowest BCUT2D eigenvalue weighted by Gasteiger charge is -2.34. The Morgan fingerprint density at radius 1 is 1.05 bits per heavy atom. The number of aromatic nitrogens is 1. The van der Waals surface area contributed by atoms with Gasteiger partial charge >= 0.3 is 0 Å². The SMILES string of the molecule is COc1ccc(S(=O)(=O)Nc2cccc(C(=O)NCCN3CCN(c4nc5ccc(Cl)cc5s4)CC3)c2)cc1.Cl. The molecule has 1 fully saturated rings. The summed E-state index contributed by atoms with van der Waals surface area (Å²) in [6.07, 6.45) is 0. The number of methoxy groups -OCH3 is 1. The monoisotopic (exact) mass is 621 g/mol. The average molecular weight is 623 g/mol. The number of amides is 1. The van der Waals surface area contributed by atoms with Gasteiger partial charge in [0.2, 0.25) is 0 Å². The van der Waals surface area contributed by atoms with E-state index >= 15 is 0 Å². The number of carbonyl (C=O) groups excluding carboxylic acids is 1. The molecule has 212 valence electrons. The Hall–Kier alpha value is -3.09. The number of piperazine rings is 1. The van der Waals surface area contributed by atoms with Crippen molar-refractivity contribution in [1.29, 1.82) is 0 Å². The van der Waals surface area contributed by atoms with Gasteiger partial charge in [0.25, 0.3) is 15.9 Å². The molecule has 1 aromatic heterocycles. The number of nitrogens with zero attached hydrogens (tertiary/aromatic N) is 3. The van der Waals surface area contributed by atoms with E-state index < -0.39 is 10.0 Å². The van der Waals surface area contributed by atoms with Gasteiger partial charge in [-0.1, -0.05) is 29.0 Å². The zero-order chi connectivity index (χ0) is 27.4. The molecule has 1 aliphatic rings. The largest absolute Gasteiger partial charge is 0.497 e. The number of anilines is 2. The van der Waals surface area contributed by atoms with Crippen molar-refractivity contribution >= 4 is 72.3 Å². The van der Waals surface area contributed by atoms with Crippen LogP contribution >= 0.6 is 35.3 Å². The number of benzene rings is 3. The fourth-order valence-electron chi connectivity index (χ4n) is 4.31. The molecule has 1 saturated heterocycles. The van der Waals surface area contributed by atoms with Crippen LogP contribution < -0.4 is 19.7 Å². The van der Waals surface area contributed by atoms with Crippen molar-refractivity contribution in [3.05, 3.63) is 77.3 Å². The first kappa shape index (κ1) is 29.9. The number of sulfonamides is 1. The predicted octanol–water partition coefficient (Wildman–Crippen LogP) is 4.73. The van der Waals surface area contributed by atoms with Gasteiger partial charge in [0.1, 0.15) is 5.75 Å². The molecule has 0 saturated carbocycles. The molecular formula is C27H29Cl2N5O4S2. The highest BCUT2D eigenvalue weighted by atomic mass is 35.5. The van der Waals surface area contributed by atoms with E-state index in [1.54, 1.807) is 41.7 Å². The molecule has 5 rings (SSSR count). The van der Waals surface area contributed by atoms with Gasteiger partial charge in [-0.25, -0.2) is 13.4 Å². The van der Waals surface area contributed by atoms with Crippen molar-refractivity contribution < 1.29 is 17.9 Å². The Kier molecular flexibility index (Phi) is 9.75. The molecule has 1 amide bonds. The molecule has 2 heterocycles. The summed E-state index contributed by atoms with van der Waals surface area (Å²) in [6, 6.07) is 18.3. The summed E-state index contributed by atoms with van der Waals surface area (Å²) in [5, 5.41) is 4.66. The summed E-state index contributed by atoms with van der Waals surface area (Å²) < 4.78 is 34.2. The summed E-state index contributed by atoms with van der Waals surface area (Å²) in [4.78, 5) is 22.2. The van der Waals surface area contributed by atoms with E-state index in [9.17, 15) is 13.2 Å². The molecule has 2 N–H and O–H groups in total. The van der Waals surface area contributed by atoms with Crippen molar-refractivity contribution in [3.63, 3.8) is 0 Å². The molecule has 0 spiro atoms. The Bertz CT molecular complexity index is 1570. The number of rotatable bonds is 9. The molecule has 0 unspecified atom stereocenters. The van der Waals surface area contributed by atoms with Crippen molar-refractivity contribution in [1.82, 2.24) is 15.2 Å². The lowest BCUT2D eigenvalue weighted by atomic mass is 10.2. The van der Waals surface area contributed by atoms with Gasteiger partial charge in [-0.3, -0.25) is 14.4 Å². The number of ether oxygens (including phenoxy) is 1. The smallest absolute Gasteiger partial charge is 0.261 e. The zero-order valence-corrected chi connectivity index (χ0v) is 24.9. The van der Waals surface area contributed by atoms with E-state index in [0.717, 1.165) is 48.1 Å². The minimum Gasteiger partial charge on any atom is -0.497 e. The van der Waals surface area contributed by atoms with Crippen LogP contribution in [-0.2, 0) is 10.0 Å². The number of thiazole rings is 1. The van der Waals surface area contributed by atoms with Gasteiger partial charge in [-0.05, 0) is 60.7 Å². The van der Waals surface area contributed by atoms with E-state index in [1.165, 1.54) is 25.3 Å². The van der Waals surface area contributed by atoms with E-state index in [0.29, 0.717) is 28.6 Å². The van der Waals surface area contributed by atoms with Crippen molar-refractivity contribution in [2.45, 2.75) is 4.90 Å². The second kappa shape index (κ2) is 13.0. The van der Waals surface area contributed by atoms with Crippen molar-refractivity contribution in [2.75, 3.05) is 56.0 Å². The highest BCUT2D eigenvalue weighted by molar-refractivity contribution is 7.92. The molecule has 40 heavy (non-hydrogen) atoms. The Labute approximate surface area is 248 Å². The summed E-state index contributed by atoms with van der Waals surface area (Å²) in [5.41, 5.74) is 1.65. The van der Waals surface area contributed by atoms with Crippen LogP contribution in [0.15, 0.2) is 71.6 Å². The summed E-state index contributed by atoms with van der Waals surface area (Å²) in [7, 11) is -2.29. The molecule has 0 atom stereocenters. The molecule has 9 nitrogen and oxygen atoms in total. The van der Waals surface area contributed by atoms with Crippen LogP contribution in [0.2, 0.25) is 5.02 Å². The highest BCUT2D eigenvalue weighted by Crippen LogP contribution is 2.31. The Morgan fingerprint density at radius 2 is 1.80 bits per heavy atom. The zero-order valence-electron chi connectivity index (χ0n) is 21.7. The summed E-state index contributed by atoms with van der Waals surface area (Å²) in [5.74, 6) is 0.306. The van der Waals surface area contributed by atoms with Crippen LogP contribution in [0.5, 0.6) is 5.75 Å². The summed E-state index contributed by atoms with van der Waals surface area (Å²) >= 11 is 7.76. The van der Waals surface area contributed by atoms with Crippen molar-refractivity contribution in [2.24, 2.45) is 0 Å². The molecule has 0 bridgehead atoms. The van der Waals surface area contributed by atoms with Crippen molar-refractivity contribution in [3.8, 4) is 5.75 Å². The minimum absolute atomic E-state index is 0. The normalized spacial score (nSPS) is 14.0. The minimum atomic E-state index is -3.80. The van der Waals surface area contributed by atoms with Gasteiger partial charge in [0.15, 0.2) is 5.13 Å². The van der Waals surface area contributed by atoms with Crippen LogP contribution in [0.3, 0.4) is 0 Å². The topological polar surface area (TPSA) is 104 Å². The highest BCUT2D eigenvalue weighted by Gasteiger charge is 2.20. The van der Waals surface area contributed by atoms with Crippen LogP contribution in [0, 0.1) is 0 Å². The van der Waals surface area contributed by atoms with Crippen LogP contribution in [0.1, 0.15) is 10.4 Å². The molecule has 4 aromatic rings. The predicted molar refractivity (Wildman–Crippen MR) is 163 cm³/mol. The van der Waals surface area contributed by atoms with Crippen LogP contribution in [-0.4, -0.2) is 70.6 Å². The molecule has 0 aliphatic carbocycles. The van der Waals surface area contributed by atoms with Gasteiger partial charge < -0.3 is 15.0 Å². The van der Waals surface area contributed by atoms with Gasteiger partial charge in [-0.2, -0.15) is 0 Å². The van der Waals surface area contributed by atoms with Crippen LogP contribution in [0.25, 0.3) is 10.2 Å². The molecule has 3 aromatic carbocycles. The molecule has 0 radical (unpaired) electrons. The van der Waals surface area contributed by atoms with Gasteiger partial charge in [0, 0.05) is 55.5 Å². The third-order valence-electron chi connectivity index (χ3n) is 6.44. The molecule has 13 heteroatoms. The maximum Gasteiger partial charge on any atom is 0.261 e. The fourth-order valence-corrected chi connectivity index (χ4v) is 6.65. The second-order valence-electron chi connectivity index (χ2n) is 9.05. The third kappa shape index (κ3) is 7.15. The van der Waals surface area contributed by atoms with Crippen LogP contribution in [0.4, 0.5) is 10.8 Å². The second-order valence-corrected chi connectivity index (χ2v) is 12.2. The van der Waals surface area contributed by atoms with Gasteiger partial charge in [-0.15, -0.1) is 12.4 Å². The quantitative estimate of drug-likeness (QED) is 0.278. The maximum atomic E-state index is 12.7. The Morgan fingerprint density at radius 3 is 2.52 bits per heavy atom. The van der Waals surface area contributed by atoms with E-state index in [1.807, 2.05) is 18.2 Å². The first-order valence-corrected chi connectivity index (χ1v) is 15.1. The summed E-state index contributed by atoms with van der Waals surface area (Å²) in [6.45, 7) is 4.67. The van der Waals surface area contributed by atoms with E-state index in [-0.39, 0.29) is 23.2 Å². The molecule has 1 aliphatic heterocycles. The maximum absolute atomic E-state index is 12.7. The number of carbonyl (C=O) groups is 1.